The van der Waals surface area contributed by atoms with Gasteiger partial charge in [-0.3, -0.25) is 0 Å². The smallest absolute Gasteiger partial charge is 0.414 e. The maximum absolute atomic E-state index is 8.23. The largest absolute Gasteiger partial charge is 0.456 e. The molecule has 0 radical (unpaired) electrons. The fraction of sp³-hybridized carbons (Fsp3) is 0.857. The van der Waals surface area contributed by atoms with Crippen LogP contribution in [0.1, 0.15) is 19.3 Å². The second-order valence-electron chi connectivity index (χ2n) is 2.30. The minimum absolute atomic E-state index is 0.103. The van der Waals surface area contributed by atoms with Crippen LogP contribution in [-0.4, -0.2) is 21.3 Å². The molecule has 0 fully saturated rings. The molecule has 0 heterocycles. The summed E-state index contributed by atoms with van der Waals surface area (Å²) in [5.74, 6) is 0. The van der Waals surface area contributed by atoms with Crippen molar-refractivity contribution < 1.29 is 9.31 Å². The van der Waals surface area contributed by atoms with Crippen LogP contribution >= 0.6 is 0 Å². The molecule has 0 spiro atoms. The van der Waals surface area contributed by atoms with Crippen LogP contribution in [0, 0.1) is 11.3 Å². The van der Waals surface area contributed by atoms with Gasteiger partial charge in [0.2, 0.25) is 0 Å². The molecular formula is C7H14BNO2. The number of hydrogen-bond acceptors (Lipinski definition) is 3. The molecule has 0 aliphatic carbocycles. The third-order valence-corrected chi connectivity index (χ3v) is 1.50. The molecule has 0 unspecified atom stereocenters. The van der Waals surface area contributed by atoms with Gasteiger partial charge in [0.1, 0.15) is 0 Å². The molecule has 0 atom stereocenters. The minimum atomic E-state index is -0.103. The number of rotatable bonds is 6. The lowest BCUT2D eigenvalue weighted by Crippen LogP contribution is -2.18. The highest BCUT2D eigenvalue weighted by Gasteiger charge is 2.12. The fourth-order valence-corrected chi connectivity index (χ4v) is 0.847. The zero-order valence-electron chi connectivity index (χ0n) is 7.17. The summed E-state index contributed by atoms with van der Waals surface area (Å²) >= 11 is 0. The Balaban J connectivity index is 3.16. The monoisotopic (exact) mass is 155 g/mol. The number of hydrogen-bond donors (Lipinski definition) is 0. The lowest BCUT2D eigenvalue weighted by molar-refractivity contribution is 0.276. The van der Waals surface area contributed by atoms with E-state index in [0.29, 0.717) is 6.42 Å². The molecule has 0 saturated carbocycles. The Bertz CT molecular complexity index is 120. The van der Waals surface area contributed by atoms with E-state index in [1.165, 1.54) is 0 Å². The van der Waals surface area contributed by atoms with Crippen molar-refractivity contribution in [1.82, 2.24) is 0 Å². The van der Waals surface area contributed by atoms with Crippen LogP contribution in [0.5, 0.6) is 0 Å². The average Bonchev–Trinajstić information content (AvgIpc) is 2.05. The summed E-state index contributed by atoms with van der Waals surface area (Å²) < 4.78 is 9.95. The average molecular weight is 155 g/mol. The quantitative estimate of drug-likeness (QED) is 0.430. The van der Waals surface area contributed by atoms with Crippen LogP contribution in [0.15, 0.2) is 0 Å². The molecule has 11 heavy (non-hydrogen) atoms. The first-order valence-corrected chi connectivity index (χ1v) is 3.77. The molecule has 0 aromatic carbocycles. The van der Waals surface area contributed by atoms with Gasteiger partial charge in [0.15, 0.2) is 0 Å². The lowest BCUT2D eigenvalue weighted by atomic mass is 9.82. The van der Waals surface area contributed by atoms with Crippen LogP contribution in [0.4, 0.5) is 0 Å². The van der Waals surface area contributed by atoms with E-state index in [4.69, 9.17) is 14.6 Å². The molecule has 0 bridgehead atoms. The molecule has 0 N–H and O–H groups in total. The van der Waals surface area contributed by atoms with Crippen molar-refractivity contribution >= 4 is 7.12 Å². The van der Waals surface area contributed by atoms with Crippen LogP contribution in [-0.2, 0) is 9.31 Å². The van der Waals surface area contributed by atoms with E-state index in [2.05, 4.69) is 6.07 Å². The fourth-order valence-electron chi connectivity index (χ4n) is 0.847. The maximum Gasteiger partial charge on any atom is 0.456 e. The Labute approximate surface area is 68.4 Å². The molecule has 0 aliphatic rings. The van der Waals surface area contributed by atoms with Crippen molar-refractivity contribution in [2.75, 3.05) is 14.2 Å². The molecule has 0 rings (SSSR count). The molecule has 4 heteroatoms. The van der Waals surface area contributed by atoms with Gasteiger partial charge in [0.25, 0.3) is 0 Å². The van der Waals surface area contributed by atoms with Gasteiger partial charge in [-0.2, -0.15) is 5.26 Å². The van der Waals surface area contributed by atoms with E-state index >= 15 is 0 Å². The van der Waals surface area contributed by atoms with Crippen LogP contribution in [0.2, 0.25) is 6.32 Å². The highest BCUT2D eigenvalue weighted by Crippen LogP contribution is 2.04. The van der Waals surface area contributed by atoms with Crippen molar-refractivity contribution in [2.45, 2.75) is 25.6 Å². The Morgan fingerprint density at radius 1 is 1.27 bits per heavy atom. The zero-order chi connectivity index (χ0) is 8.53. The van der Waals surface area contributed by atoms with Crippen molar-refractivity contribution in [3.8, 4) is 6.07 Å². The first-order chi connectivity index (χ1) is 5.35. The summed E-state index contributed by atoms with van der Waals surface area (Å²) in [4.78, 5) is 0. The first kappa shape index (κ1) is 10.5. The van der Waals surface area contributed by atoms with E-state index in [1.807, 2.05) is 0 Å². The summed E-state index contributed by atoms with van der Waals surface area (Å²) in [5.41, 5.74) is 0. The summed E-state index contributed by atoms with van der Waals surface area (Å²) in [5, 5.41) is 8.23. The van der Waals surface area contributed by atoms with Gasteiger partial charge in [0.05, 0.1) is 6.07 Å². The second-order valence-corrected chi connectivity index (χ2v) is 2.30. The van der Waals surface area contributed by atoms with E-state index in [9.17, 15) is 0 Å². The molecule has 3 nitrogen and oxygen atoms in total. The second kappa shape index (κ2) is 7.58. The van der Waals surface area contributed by atoms with E-state index in [1.54, 1.807) is 14.2 Å². The minimum Gasteiger partial charge on any atom is -0.414 e. The molecule has 0 aliphatic heterocycles. The number of nitrogens with zero attached hydrogens (tertiary/aromatic N) is 1. The van der Waals surface area contributed by atoms with Gasteiger partial charge in [-0.1, -0.05) is 6.42 Å². The van der Waals surface area contributed by atoms with E-state index in [0.717, 1.165) is 19.2 Å². The molecule has 0 aromatic rings. The van der Waals surface area contributed by atoms with Crippen LogP contribution in [0.3, 0.4) is 0 Å². The molecule has 0 aromatic heterocycles. The van der Waals surface area contributed by atoms with Crippen molar-refractivity contribution in [1.29, 1.82) is 5.26 Å². The van der Waals surface area contributed by atoms with E-state index < -0.39 is 0 Å². The summed E-state index contributed by atoms with van der Waals surface area (Å²) in [6, 6.07) is 2.10. The standard InChI is InChI=1S/C7H14BNO2/c1-10-8(11-2)6-4-3-5-7-9/h3-6H2,1-2H3. The molecule has 0 amide bonds. The van der Waals surface area contributed by atoms with Gasteiger partial charge in [-0.15, -0.1) is 0 Å². The Morgan fingerprint density at radius 2 is 1.91 bits per heavy atom. The van der Waals surface area contributed by atoms with Crippen LogP contribution in [0.25, 0.3) is 0 Å². The Kier molecular flexibility index (Phi) is 7.22. The SMILES string of the molecule is COB(CCCCC#N)OC. The Morgan fingerprint density at radius 3 is 2.36 bits per heavy atom. The third kappa shape index (κ3) is 5.90. The summed E-state index contributed by atoms with van der Waals surface area (Å²) in [6.45, 7) is 0. The number of unbranched alkanes of at least 4 members (excludes halogenated alkanes) is 2. The van der Waals surface area contributed by atoms with Gasteiger partial charge in [-0.25, -0.2) is 0 Å². The predicted octanol–water partition coefficient (Wildman–Crippen LogP) is 1.46. The maximum atomic E-state index is 8.23. The van der Waals surface area contributed by atoms with Gasteiger partial charge in [-0.05, 0) is 12.7 Å². The highest BCUT2D eigenvalue weighted by atomic mass is 16.6. The summed E-state index contributed by atoms with van der Waals surface area (Å²) in [6.07, 6.45) is 3.41. The van der Waals surface area contributed by atoms with Crippen molar-refractivity contribution in [2.24, 2.45) is 0 Å². The first-order valence-electron chi connectivity index (χ1n) is 3.77. The van der Waals surface area contributed by atoms with Crippen molar-refractivity contribution in [3.05, 3.63) is 0 Å². The van der Waals surface area contributed by atoms with E-state index in [-0.39, 0.29) is 7.12 Å². The molecule has 0 saturated heterocycles. The van der Waals surface area contributed by atoms with Gasteiger partial charge < -0.3 is 9.31 Å². The normalized spacial score (nSPS) is 9.18. The van der Waals surface area contributed by atoms with Crippen LogP contribution < -0.4 is 0 Å². The Hall–Kier alpha value is -0.525. The molecule has 62 valence electrons. The zero-order valence-corrected chi connectivity index (χ0v) is 7.17. The van der Waals surface area contributed by atoms with Gasteiger partial charge in [0, 0.05) is 20.6 Å². The third-order valence-electron chi connectivity index (χ3n) is 1.50. The topological polar surface area (TPSA) is 42.2 Å². The highest BCUT2D eigenvalue weighted by molar-refractivity contribution is 6.44. The summed E-state index contributed by atoms with van der Waals surface area (Å²) in [7, 11) is 3.14. The molecular weight excluding hydrogens is 141 g/mol. The lowest BCUT2D eigenvalue weighted by Gasteiger charge is -2.06. The van der Waals surface area contributed by atoms with Crippen molar-refractivity contribution in [3.63, 3.8) is 0 Å². The number of nitriles is 1. The van der Waals surface area contributed by atoms with Gasteiger partial charge >= 0.3 is 7.12 Å². The predicted molar refractivity (Wildman–Crippen MR) is 44.0 cm³/mol.